The summed E-state index contributed by atoms with van der Waals surface area (Å²) in [5, 5.41) is 2.80. The van der Waals surface area contributed by atoms with Crippen LogP contribution in [-0.2, 0) is 0 Å². The van der Waals surface area contributed by atoms with Crippen LogP contribution in [0.25, 0.3) is 5.69 Å². The maximum atomic E-state index is 12.1. The van der Waals surface area contributed by atoms with Crippen molar-refractivity contribution < 1.29 is 4.79 Å². The number of benzene rings is 2. The average molecular weight is 300 g/mol. The molecule has 3 rings (SSSR count). The fourth-order valence-electron chi connectivity index (χ4n) is 2.19. The minimum absolute atomic E-state index is 0.119. The molecule has 2 aromatic carbocycles. The highest BCUT2D eigenvalue weighted by molar-refractivity contribution is 5.94. The Hall–Kier alpha value is -3.25. The summed E-state index contributed by atoms with van der Waals surface area (Å²) in [5.41, 5.74) is 2.59. The van der Waals surface area contributed by atoms with E-state index in [-0.39, 0.29) is 5.91 Å². The van der Waals surface area contributed by atoms with Crippen molar-refractivity contribution in [1.82, 2.24) is 9.88 Å². The van der Waals surface area contributed by atoms with E-state index in [4.69, 9.17) is 0 Å². The van der Waals surface area contributed by atoms with Gasteiger partial charge in [-0.25, -0.2) is 0 Å². The first-order valence-electron chi connectivity index (χ1n) is 7.38. The molecule has 23 heavy (non-hydrogen) atoms. The second kappa shape index (κ2) is 7.15. The normalized spacial score (nSPS) is 9.74. The number of carbonyl (C=O) groups excluding carboxylic acids is 1. The quantitative estimate of drug-likeness (QED) is 0.740. The Kier molecular flexibility index (Phi) is 4.56. The monoisotopic (exact) mass is 300 g/mol. The van der Waals surface area contributed by atoms with E-state index in [1.54, 1.807) is 0 Å². The lowest BCUT2D eigenvalue weighted by atomic mass is 10.2. The van der Waals surface area contributed by atoms with E-state index in [1.165, 1.54) is 0 Å². The van der Waals surface area contributed by atoms with Crippen LogP contribution < -0.4 is 5.32 Å². The van der Waals surface area contributed by atoms with Crippen LogP contribution in [0.15, 0.2) is 79.1 Å². The summed E-state index contributed by atoms with van der Waals surface area (Å²) in [6.45, 7) is 0.326. The number of hydrogen-bond acceptors (Lipinski definition) is 1. The van der Waals surface area contributed by atoms with E-state index in [2.05, 4.69) is 17.2 Å². The zero-order chi connectivity index (χ0) is 15.9. The topological polar surface area (TPSA) is 34.0 Å². The predicted octanol–water partition coefficient (Wildman–Crippen LogP) is 3.26. The van der Waals surface area contributed by atoms with Crippen molar-refractivity contribution in [2.24, 2.45) is 0 Å². The fraction of sp³-hybridized carbons (Fsp3) is 0.0500. The third-order valence-corrected chi connectivity index (χ3v) is 3.38. The van der Waals surface area contributed by atoms with Crippen molar-refractivity contribution in [3.05, 3.63) is 90.3 Å². The minimum Gasteiger partial charge on any atom is -0.341 e. The minimum atomic E-state index is -0.119. The van der Waals surface area contributed by atoms with E-state index in [0.29, 0.717) is 12.1 Å². The van der Waals surface area contributed by atoms with Crippen molar-refractivity contribution in [1.29, 1.82) is 0 Å². The van der Waals surface area contributed by atoms with E-state index < -0.39 is 0 Å². The van der Waals surface area contributed by atoms with Gasteiger partial charge in [-0.1, -0.05) is 30.0 Å². The predicted molar refractivity (Wildman–Crippen MR) is 91.4 cm³/mol. The zero-order valence-corrected chi connectivity index (χ0v) is 12.6. The summed E-state index contributed by atoms with van der Waals surface area (Å²) in [4.78, 5) is 12.1. The first kappa shape index (κ1) is 14.7. The van der Waals surface area contributed by atoms with E-state index in [1.807, 2.05) is 83.7 Å². The highest BCUT2D eigenvalue weighted by Crippen LogP contribution is 2.09. The molecule has 0 spiro atoms. The Balaban J connectivity index is 1.57. The van der Waals surface area contributed by atoms with E-state index >= 15 is 0 Å². The summed E-state index contributed by atoms with van der Waals surface area (Å²) >= 11 is 0. The van der Waals surface area contributed by atoms with Crippen LogP contribution in [-0.4, -0.2) is 17.0 Å². The standard InChI is InChI=1S/C20H16N2O/c23-20(21-14-6-9-17-7-2-1-3-8-17)18-10-12-19(13-11-18)22-15-4-5-16-22/h1-5,7-8,10-13,15-16H,14H2,(H,21,23). The Morgan fingerprint density at radius 3 is 2.30 bits per heavy atom. The second-order valence-electron chi connectivity index (χ2n) is 4.99. The first-order chi connectivity index (χ1) is 11.3. The molecule has 0 atom stereocenters. The zero-order valence-electron chi connectivity index (χ0n) is 12.6. The number of rotatable bonds is 3. The molecule has 0 aliphatic rings. The molecule has 0 saturated heterocycles. The second-order valence-corrected chi connectivity index (χ2v) is 4.99. The number of nitrogens with one attached hydrogen (secondary N) is 1. The van der Waals surface area contributed by atoms with Gasteiger partial charge in [-0.3, -0.25) is 4.79 Å². The Morgan fingerprint density at radius 2 is 1.61 bits per heavy atom. The summed E-state index contributed by atoms with van der Waals surface area (Å²) < 4.78 is 1.99. The third kappa shape index (κ3) is 3.90. The third-order valence-electron chi connectivity index (χ3n) is 3.38. The molecule has 0 aliphatic carbocycles. The molecule has 1 N–H and O–H groups in total. The fourth-order valence-corrected chi connectivity index (χ4v) is 2.19. The maximum absolute atomic E-state index is 12.1. The van der Waals surface area contributed by atoms with Gasteiger partial charge in [0.05, 0.1) is 6.54 Å². The number of carbonyl (C=O) groups is 1. The van der Waals surface area contributed by atoms with Gasteiger partial charge in [-0.15, -0.1) is 0 Å². The van der Waals surface area contributed by atoms with Crippen LogP contribution >= 0.6 is 0 Å². The van der Waals surface area contributed by atoms with Crippen molar-refractivity contribution in [3.63, 3.8) is 0 Å². The molecular formula is C20H16N2O. The van der Waals surface area contributed by atoms with Gasteiger partial charge >= 0.3 is 0 Å². The SMILES string of the molecule is O=C(NCC#Cc1ccccc1)c1ccc(-n2cccc2)cc1. The molecule has 0 fully saturated rings. The lowest BCUT2D eigenvalue weighted by Crippen LogP contribution is -2.23. The molecular weight excluding hydrogens is 284 g/mol. The van der Waals surface area contributed by atoms with Crippen molar-refractivity contribution in [2.75, 3.05) is 6.54 Å². The highest BCUT2D eigenvalue weighted by Gasteiger charge is 2.04. The summed E-state index contributed by atoms with van der Waals surface area (Å²) in [6, 6.07) is 21.1. The van der Waals surface area contributed by atoms with Gasteiger partial charge in [0.2, 0.25) is 0 Å². The summed E-state index contributed by atoms with van der Waals surface area (Å²) in [7, 11) is 0. The van der Waals surface area contributed by atoms with Gasteiger partial charge in [-0.2, -0.15) is 0 Å². The van der Waals surface area contributed by atoms with Crippen molar-refractivity contribution >= 4 is 5.91 Å². The maximum Gasteiger partial charge on any atom is 0.252 e. The van der Waals surface area contributed by atoms with Crippen molar-refractivity contribution in [3.8, 4) is 17.5 Å². The number of amides is 1. The van der Waals surface area contributed by atoms with Crippen LogP contribution in [0.2, 0.25) is 0 Å². The molecule has 1 heterocycles. The molecule has 0 unspecified atom stereocenters. The Morgan fingerprint density at radius 1 is 0.913 bits per heavy atom. The van der Waals surface area contributed by atoms with Gasteiger partial charge in [0.15, 0.2) is 0 Å². The average Bonchev–Trinajstić information content (AvgIpc) is 3.14. The van der Waals surface area contributed by atoms with Crippen LogP contribution in [0.5, 0.6) is 0 Å². The molecule has 3 nitrogen and oxygen atoms in total. The molecule has 1 amide bonds. The molecule has 1 aromatic heterocycles. The number of hydrogen-bond donors (Lipinski definition) is 1. The van der Waals surface area contributed by atoms with Gasteiger partial charge in [0.1, 0.15) is 0 Å². The molecule has 0 saturated carbocycles. The van der Waals surface area contributed by atoms with Crippen LogP contribution in [0.3, 0.4) is 0 Å². The summed E-state index contributed by atoms with van der Waals surface area (Å²) in [6.07, 6.45) is 3.93. The van der Waals surface area contributed by atoms with E-state index in [0.717, 1.165) is 11.3 Å². The first-order valence-corrected chi connectivity index (χ1v) is 7.38. The Labute approximate surface area is 135 Å². The Bertz CT molecular complexity index is 823. The summed E-state index contributed by atoms with van der Waals surface area (Å²) in [5.74, 6) is 5.84. The molecule has 0 radical (unpaired) electrons. The lowest BCUT2D eigenvalue weighted by molar-refractivity contribution is 0.0958. The van der Waals surface area contributed by atoms with Gasteiger partial charge in [-0.05, 0) is 48.5 Å². The largest absolute Gasteiger partial charge is 0.341 e. The van der Waals surface area contributed by atoms with Crippen LogP contribution in [0.1, 0.15) is 15.9 Å². The molecule has 0 bridgehead atoms. The van der Waals surface area contributed by atoms with Gasteiger partial charge < -0.3 is 9.88 Å². The molecule has 112 valence electrons. The van der Waals surface area contributed by atoms with E-state index in [9.17, 15) is 4.79 Å². The molecule has 0 aliphatic heterocycles. The van der Waals surface area contributed by atoms with Crippen LogP contribution in [0.4, 0.5) is 0 Å². The smallest absolute Gasteiger partial charge is 0.252 e. The number of aromatic nitrogens is 1. The van der Waals surface area contributed by atoms with Crippen molar-refractivity contribution in [2.45, 2.75) is 0 Å². The number of nitrogens with zero attached hydrogens (tertiary/aromatic N) is 1. The molecule has 3 aromatic rings. The van der Waals surface area contributed by atoms with Gasteiger partial charge in [0.25, 0.3) is 5.91 Å². The molecule has 3 heteroatoms. The van der Waals surface area contributed by atoms with Crippen LogP contribution in [0, 0.1) is 11.8 Å². The highest BCUT2D eigenvalue weighted by atomic mass is 16.1. The van der Waals surface area contributed by atoms with Gasteiger partial charge in [0, 0.05) is 29.2 Å². The lowest BCUT2D eigenvalue weighted by Gasteiger charge is -2.05.